The van der Waals surface area contributed by atoms with Crippen molar-refractivity contribution in [1.29, 1.82) is 0 Å². The lowest BCUT2D eigenvalue weighted by molar-refractivity contribution is 0.282. The Morgan fingerprint density at radius 3 is 2.42 bits per heavy atom. The van der Waals surface area contributed by atoms with Gasteiger partial charge in [-0.3, -0.25) is 0 Å². The molecule has 2 N–H and O–H groups in total. The molecule has 0 radical (unpaired) electrons. The van der Waals surface area contributed by atoms with E-state index in [1.165, 1.54) is 5.56 Å². The number of nitrogens with zero attached hydrogens (tertiary/aromatic N) is 1. The van der Waals surface area contributed by atoms with Crippen molar-refractivity contribution in [3.8, 4) is 0 Å². The van der Waals surface area contributed by atoms with Crippen LogP contribution in [0.15, 0.2) is 54.6 Å². The minimum Gasteiger partial charge on any atom is -0.392 e. The molecule has 0 aliphatic heterocycles. The molecule has 26 heavy (non-hydrogen) atoms. The molecule has 0 saturated heterocycles. The molecule has 0 atom stereocenters. The highest BCUT2D eigenvalue weighted by Gasteiger charge is 2.16. The Morgan fingerprint density at radius 2 is 1.69 bits per heavy atom. The molecular formula is C23H22N2O. The maximum atomic E-state index is 9.98. The van der Waals surface area contributed by atoms with Crippen LogP contribution in [0, 0.1) is 20.8 Å². The van der Waals surface area contributed by atoms with E-state index in [0.29, 0.717) is 0 Å². The average molecular weight is 342 g/mol. The van der Waals surface area contributed by atoms with Gasteiger partial charge in [-0.1, -0.05) is 29.8 Å². The Kier molecular flexibility index (Phi) is 4.09. The van der Waals surface area contributed by atoms with Crippen LogP contribution < -0.4 is 5.32 Å². The largest absolute Gasteiger partial charge is 0.392 e. The van der Waals surface area contributed by atoms with Crippen molar-refractivity contribution in [2.24, 2.45) is 0 Å². The second kappa shape index (κ2) is 6.43. The van der Waals surface area contributed by atoms with Gasteiger partial charge in [0.1, 0.15) is 0 Å². The number of fused-ring (bicyclic) bond motifs is 2. The summed E-state index contributed by atoms with van der Waals surface area (Å²) in [6, 6.07) is 18.6. The van der Waals surface area contributed by atoms with Crippen molar-refractivity contribution < 1.29 is 5.11 Å². The number of para-hydroxylation sites is 1. The van der Waals surface area contributed by atoms with E-state index in [1.54, 1.807) is 0 Å². The maximum Gasteiger partial charge on any atom is 0.0788 e. The van der Waals surface area contributed by atoms with Crippen LogP contribution in [0.5, 0.6) is 0 Å². The number of benzene rings is 3. The summed E-state index contributed by atoms with van der Waals surface area (Å²) < 4.78 is 0. The van der Waals surface area contributed by atoms with Gasteiger partial charge in [0.15, 0.2) is 0 Å². The lowest BCUT2D eigenvalue weighted by atomic mass is 9.95. The average Bonchev–Trinajstić information content (AvgIpc) is 2.65. The normalized spacial score (nSPS) is 11.2. The highest BCUT2D eigenvalue weighted by molar-refractivity contribution is 6.03. The van der Waals surface area contributed by atoms with E-state index in [0.717, 1.165) is 49.9 Å². The lowest BCUT2D eigenvalue weighted by Gasteiger charge is -2.19. The third-order valence-corrected chi connectivity index (χ3v) is 5.12. The molecule has 3 aromatic carbocycles. The van der Waals surface area contributed by atoms with Crippen LogP contribution in [0.25, 0.3) is 21.8 Å². The third-order valence-electron chi connectivity index (χ3n) is 5.12. The number of nitrogens with one attached hydrogen (secondary N) is 1. The first-order valence-corrected chi connectivity index (χ1v) is 8.84. The number of hydrogen-bond acceptors (Lipinski definition) is 3. The van der Waals surface area contributed by atoms with Gasteiger partial charge in [0, 0.05) is 22.0 Å². The molecule has 4 aromatic rings. The van der Waals surface area contributed by atoms with Gasteiger partial charge in [0.25, 0.3) is 0 Å². The molecule has 0 spiro atoms. The summed E-state index contributed by atoms with van der Waals surface area (Å²) >= 11 is 0. The number of aliphatic hydroxyl groups is 1. The number of pyridine rings is 1. The van der Waals surface area contributed by atoms with E-state index < -0.39 is 0 Å². The van der Waals surface area contributed by atoms with Gasteiger partial charge in [-0.2, -0.15) is 0 Å². The quantitative estimate of drug-likeness (QED) is 0.480. The first-order valence-electron chi connectivity index (χ1n) is 8.84. The molecule has 0 unspecified atom stereocenters. The molecule has 1 heterocycles. The van der Waals surface area contributed by atoms with E-state index in [1.807, 2.05) is 24.3 Å². The monoisotopic (exact) mass is 342 g/mol. The van der Waals surface area contributed by atoms with Gasteiger partial charge >= 0.3 is 0 Å². The highest BCUT2D eigenvalue weighted by Crippen LogP contribution is 2.36. The Balaban J connectivity index is 2.07. The van der Waals surface area contributed by atoms with Gasteiger partial charge in [-0.15, -0.1) is 0 Å². The van der Waals surface area contributed by atoms with E-state index >= 15 is 0 Å². The number of rotatable bonds is 3. The van der Waals surface area contributed by atoms with E-state index in [9.17, 15) is 5.11 Å². The smallest absolute Gasteiger partial charge is 0.0788 e. The molecule has 0 aliphatic rings. The zero-order valence-electron chi connectivity index (χ0n) is 15.3. The van der Waals surface area contributed by atoms with Gasteiger partial charge in [-0.05, 0) is 62.2 Å². The minimum absolute atomic E-state index is 0.0147. The predicted molar refractivity (Wildman–Crippen MR) is 109 cm³/mol. The Labute approximate surface area is 153 Å². The van der Waals surface area contributed by atoms with Gasteiger partial charge < -0.3 is 10.4 Å². The Hall–Kier alpha value is -2.91. The molecular weight excluding hydrogens is 320 g/mol. The molecule has 0 bridgehead atoms. The zero-order valence-corrected chi connectivity index (χ0v) is 15.3. The fourth-order valence-electron chi connectivity index (χ4n) is 3.53. The second-order valence-electron chi connectivity index (χ2n) is 6.83. The van der Waals surface area contributed by atoms with Gasteiger partial charge in [-0.25, -0.2) is 4.98 Å². The highest BCUT2D eigenvalue weighted by atomic mass is 16.3. The summed E-state index contributed by atoms with van der Waals surface area (Å²) in [5.74, 6) is 0. The Bertz CT molecular complexity index is 1120. The maximum absolute atomic E-state index is 9.98. The van der Waals surface area contributed by atoms with Crippen LogP contribution in [-0.2, 0) is 6.61 Å². The number of aliphatic hydroxyl groups excluding tert-OH is 1. The third kappa shape index (κ3) is 2.71. The first-order chi connectivity index (χ1) is 12.6. The standard InChI is InChI=1S/C23H22N2O/c1-14-9-10-21-17(11-14)12-19-22(24-18-7-5-4-6-8-18)16(3)15(2)20(13-26)23(19)25-21/h4-12,24,26H,13H2,1-3H3. The number of aromatic nitrogens is 1. The summed E-state index contributed by atoms with van der Waals surface area (Å²) in [7, 11) is 0. The molecule has 130 valence electrons. The topological polar surface area (TPSA) is 45.2 Å². The molecule has 3 nitrogen and oxygen atoms in total. The number of hydrogen-bond donors (Lipinski definition) is 2. The molecule has 0 amide bonds. The summed E-state index contributed by atoms with van der Waals surface area (Å²) in [6.07, 6.45) is 0. The second-order valence-corrected chi connectivity index (χ2v) is 6.83. The van der Waals surface area contributed by atoms with E-state index in [4.69, 9.17) is 4.98 Å². The molecule has 0 fully saturated rings. The summed E-state index contributed by atoms with van der Waals surface area (Å²) in [5.41, 5.74) is 8.24. The predicted octanol–water partition coefficient (Wildman–Crippen LogP) is 5.55. The minimum atomic E-state index is -0.0147. The molecule has 3 heteroatoms. The Morgan fingerprint density at radius 1 is 0.923 bits per heavy atom. The fraction of sp³-hybridized carbons (Fsp3) is 0.174. The zero-order chi connectivity index (χ0) is 18.3. The van der Waals surface area contributed by atoms with Crippen LogP contribution in [0.1, 0.15) is 22.3 Å². The molecule has 0 aliphatic carbocycles. The van der Waals surface area contributed by atoms with Gasteiger partial charge in [0.05, 0.1) is 23.3 Å². The van der Waals surface area contributed by atoms with Crippen LogP contribution in [0.2, 0.25) is 0 Å². The molecule has 4 rings (SSSR count). The van der Waals surface area contributed by atoms with Crippen molar-refractivity contribution in [1.82, 2.24) is 4.98 Å². The summed E-state index contributed by atoms with van der Waals surface area (Å²) in [4.78, 5) is 4.89. The van der Waals surface area contributed by atoms with E-state index in [-0.39, 0.29) is 6.61 Å². The number of anilines is 2. The fourth-order valence-corrected chi connectivity index (χ4v) is 3.53. The lowest BCUT2D eigenvalue weighted by Crippen LogP contribution is -2.03. The SMILES string of the molecule is Cc1ccc2nc3c(CO)c(C)c(C)c(Nc4ccccc4)c3cc2c1. The van der Waals surface area contributed by atoms with Crippen LogP contribution in [0.3, 0.4) is 0 Å². The van der Waals surface area contributed by atoms with Gasteiger partial charge in [0.2, 0.25) is 0 Å². The first kappa shape index (κ1) is 16.6. The van der Waals surface area contributed by atoms with E-state index in [2.05, 4.69) is 56.4 Å². The van der Waals surface area contributed by atoms with Crippen molar-refractivity contribution in [2.45, 2.75) is 27.4 Å². The van der Waals surface area contributed by atoms with Crippen LogP contribution in [0.4, 0.5) is 11.4 Å². The molecule has 1 aromatic heterocycles. The molecule has 0 saturated carbocycles. The van der Waals surface area contributed by atoms with Crippen molar-refractivity contribution >= 4 is 33.2 Å². The van der Waals surface area contributed by atoms with Crippen LogP contribution in [-0.4, -0.2) is 10.1 Å². The number of aryl methyl sites for hydroxylation is 1. The van der Waals surface area contributed by atoms with Crippen molar-refractivity contribution in [3.63, 3.8) is 0 Å². The van der Waals surface area contributed by atoms with Crippen LogP contribution >= 0.6 is 0 Å². The summed E-state index contributed by atoms with van der Waals surface area (Å²) in [5, 5.41) is 15.7. The van der Waals surface area contributed by atoms with Crippen molar-refractivity contribution in [2.75, 3.05) is 5.32 Å². The van der Waals surface area contributed by atoms with Crippen molar-refractivity contribution in [3.05, 3.63) is 76.9 Å². The summed E-state index contributed by atoms with van der Waals surface area (Å²) in [6.45, 7) is 6.22.